The van der Waals surface area contributed by atoms with Crippen molar-refractivity contribution in [1.29, 1.82) is 0 Å². The summed E-state index contributed by atoms with van der Waals surface area (Å²) < 4.78 is 0. The average molecular weight is 240 g/mol. The number of ketones is 1. The number of urea groups is 1. The highest BCUT2D eigenvalue weighted by Crippen LogP contribution is 2.27. The van der Waals surface area contributed by atoms with Gasteiger partial charge in [-0.3, -0.25) is 9.63 Å². The summed E-state index contributed by atoms with van der Waals surface area (Å²) in [5.74, 6) is -1.46. The Morgan fingerprint density at radius 2 is 2.29 bits per heavy atom. The Balaban J connectivity index is 2.20. The van der Waals surface area contributed by atoms with E-state index in [0.717, 1.165) is 9.96 Å². The number of piperidine rings is 1. The fourth-order valence-electron chi connectivity index (χ4n) is 2.03. The molecular formula is C10H12N2O5. The van der Waals surface area contributed by atoms with Gasteiger partial charge in [0.1, 0.15) is 12.1 Å². The van der Waals surface area contributed by atoms with Gasteiger partial charge in [0, 0.05) is 6.42 Å². The van der Waals surface area contributed by atoms with Gasteiger partial charge < -0.3 is 10.0 Å². The molecule has 0 saturated carbocycles. The Morgan fingerprint density at radius 1 is 1.59 bits per heavy atom. The van der Waals surface area contributed by atoms with E-state index >= 15 is 0 Å². The topological polar surface area (TPSA) is 87.2 Å². The molecule has 0 aliphatic carbocycles. The predicted octanol–water partition coefficient (Wildman–Crippen LogP) is -0.364. The van der Waals surface area contributed by atoms with Gasteiger partial charge in [0.2, 0.25) is 0 Å². The summed E-state index contributed by atoms with van der Waals surface area (Å²) in [6.45, 7) is 3.61. The highest BCUT2D eigenvalue weighted by molar-refractivity contribution is 5.99. The number of amides is 2. The largest absolute Gasteiger partial charge is 0.480 e. The molecule has 2 saturated heterocycles. The monoisotopic (exact) mass is 240 g/mol. The summed E-state index contributed by atoms with van der Waals surface area (Å²) in [4.78, 5) is 40.7. The highest BCUT2D eigenvalue weighted by atomic mass is 16.7. The molecule has 2 heterocycles. The van der Waals surface area contributed by atoms with Crippen LogP contribution in [0.2, 0.25) is 0 Å². The predicted molar refractivity (Wildman–Crippen MR) is 54.9 cm³/mol. The van der Waals surface area contributed by atoms with Crippen LogP contribution in [0.3, 0.4) is 0 Å². The van der Waals surface area contributed by atoms with Gasteiger partial charge in [0.05, 0.1) is 13.2 Å². The van der Waals surface area contributed by atoms with E-state index in [1.165, 1.54) is 6.08 Å². The molecule has 17 heavy (non-hydrogen) atoms. The molecule has 2 fully saturated rings. The summed E-state index contributed by atoms with van der Waals surface area (Å²) in [5.41, 5.74) is 0. The normalized spacial score (nSPS) is 27.5. The number of hydrogen-bond donors (Lipinski definition) is 1. The van der Waals surface area contributed by atoms with E-state index in [4.69, 9.17) is 9.94 Å². The molecule has 0 aromatic rings. The van der Waals surface area contributed by atoms with Crippen molar-refractivity contribution in [1.82, 2.24) is 9.96 Å². The molecule has 0 aromatic carbocycles. The van der Waals surface area contributed by atoms with Crippen LogP contribution in [-0.2, 0) is 14.4 Å². The van der Waals surface area contributed by atoms with Crippen LogP contribution in [0, 0.1) is 0 Å². The van der Waals surface area contributed by atoms with Crippen LogP contribution >= 0.6 is 0 Å². The molecule has 2 amide bonds. The molecule has 0 radical (unpaired) electrons. The number of nitrogens with zero attached hydrogens (tertiary/aromatic N) is 2. The fraction of sp³-hybridized carbons (Fsp3) is 0.500. The number of carbonyl (C=O) groups is 3. The summed E-state index contributed by atoms with van der Waals surface area (Å²) in [7, 11) is 0. The first-order chi connectivity index (χ1) is 8.06. The fourth-order valence-corrected chi connectivity index (χ4v) is 2.03. The Morgan fingerprint density at radius 3 is 2.88 bits per heavy atom. The highest BCUT2D eigenvalue weighted by Gasteiger charge is 2.52. The van der Waals surface area contributed by atoms with Crippen molar-refractivity contribution in [3.8, 4) is 0 Å². The lowest BCUT2D eigenvalue weighted by Gasteiger charge is -2.25. The lowest BCUT2D eigenvalue weighted by atomic mass is 10.00. The third kappa shape index (κ3) is 1.78. The molecule has 92 valence electrons. The molecule has 0 unspecified atom stereocenters. The van der Waals surface area contributed by atoms with Crippen molar-refractivity contribution in [2.24, 2.45) is 0 Å². The lowest BCUT2D eigenvalue weighted by Crippen LogP contribution is -2.48. The minimum atomic E-state index is -1.17. The standard InChI is InChI=1S/C10H12N2O5/c1-2-3-17-12-7-5-11(10(12)16)6(9(14)15)4-8(7)13/h2,6-7H,1,3-5H2,(H,14,15)/t6-,7-/m0/s1. The lowest BCUT2D eigenvalue weighted by molar-refractivity contribution is -0.150. The second-order valence-electron chi connectivity index (χ2n) is 3.89. The van der Waals surface area contributed by atoms with Gasteiger partial charge in [0.15, 0.2) is 5.78 Å². The molecule has 2 aliphatic heterocycles. The maximum Gasteiger partial charge on any atom is 0.345 e. The second kappa shape index (κ2) is 4.17. The van der Waals surface area contributed by atoms with Crippen LogP contribution in [-0.4, -0.2) is 58.1 Å². The third-order valence-electron chi connectivity index (χ3n) is 2.85. The molecule has 1 N–H and O–H groups in total. The number of fused-ring (bicyclic) bond motifs is 2. The summed E-state index contributed by atoms with van der Waals surface area (Å²) in [6.07, 6.45) is 1.28. The Labute approximate surface area is 97.2 Å². The van der Waals surface area contributed by atoms with Gasteiger partial charge >= 0.3 is 12.0 Å². The molecular weight excluding hydrogens is 228 g/mol. The van der Waals surface area contributed by atoms with Crippen LogP contribution in [0.15, 0.2) is 12.7 Å². The Kier molecular flexibility index (Phi) is 2.84. The van der Waals surface area contributed by atoms with Crippen LogP contribution in [0.1, 0.15) is 6.42 Å². The minimum absolute atomic E-state index is 0.0752. The number of carbonyl (C=O) groups excluding carboxylic acids is 2. The molecule has 0 spiro atoms. The van der Waals surface area contributed by atoms with Crippen molar-refractivity contribution in [3.63, 3.8) is 0 Å². The molecule has 7 nitrogen and oxygen atoms in total. The zero-order chi connectivity index (χ0) is 12.6. The van der Waals surface area contributed by atoms with Gasteiger partial charge in [-0.2, -0.15) is 5.06 Å². The van der Waals surface area contributed by atoms with E-state index in [-0.39, 0.29) is 25.4 Å². The first-order valence-electron chi connectivity index (χ1n) is 5.15. The van der Waals surface area contributed by atoms with Crippen molar-refractivity contribution < 1.29 is 24.3 Å². The van der Waals surface area contributed by atoms with E-state index in [2.05, 4.69) is 6.58 Å². The number of hydrogen-bond acceptors (Lipinski definition) is 4. The van der Waals surface area contributed by atoms with Crippen molar-refractivity contribution >= 4 is 17.8 Å². The quantitative estimate of drug-likeness (QED) is 0.678. The van der Waals surface area contributed by atoms with Crippen molar-refractivity contribution in [3.05, 3.63) is 12.7 Å². The molecule has 2 atom stereocenters. The molecule has 2 rings (SSSR count). The SMILES string of the molecule is C=CCON1C(=O)N2C[C@H]1C(=O)C[C@H]2C(=O)O. The van der Waals surface area contributed by atoms with E-state index in [0.29, 0.717) is 0 Å². The van der Waals surface area contributed by atoms with Crippen molar-refractivity contribution in [2.45, 2.75) is 18.5 Å². The number of carboxylic acids is 1. The van der Waals surface area contributed by atoms with Gasteiger partial charge in [-0.1, -0.05) is 6.08 Å². The summed E-state index contributed by atoms with van der Waals surface area (Å²) in [5, 5.41) is 9.89. The van der Waals surface area contributed by atoms with E-state index in [1.807, 2.05) is 0 Å². The molecule has 7 heteroatoms. The number of aliphatic carboxylic acids is 1. The zero-order valence-electron chi connectivity index (χ0n) is 9.04. The third-order valence-corrected chi connectivity index (χ3v) is 2.85. The van der Waals surface area contributed by atoms with Gasteiger partial charge in [0.25, 0.3) is 0 Å². The molecule has 0 aromatic heterocycles. The van der Waals surface area contributed by atoms with E-state index in [1.54, 1.807) is 0 Å². The number of hydroxylamine groups is 2. The van der Waals surface area contributed by atoms with Crippen molar-refractivity contribution in [2.75, 3.05) is 13.2 Å². The maximum absolute atomic E-state index is 11.8. The molecule has 2 bridgehead atoms. The molecule has 2 aliphatic rings. The Hall–Kier alpha value is -1.89. The maximum atomic E-state index is 11.8. The first-order valence-corrected chi connectivity index (χ1v) is 5.15. The van der Waals surface area contributed by atoms with Crippen LogP contribution in [0.25, 0.3) is 0 Å². The number of rotatable bonds is 4. The summed E-state index contributed by atoms with van der Waals surface area (Å²) in [6, 6.07) is -2.35. The Bertz CT molecular complexity index is 394. The summed E-state index contributed by atoms with van der Waals surface area (Å²) >= 11 is 0. The first kappa shape index (κ1) is 11.6. The smallest absolute Gasteiger partial charge is 0.345 e. The van der Waals surface area contributed by atoms with Crippen LogP contribution in [0.4, 0.5) is 4.79 Å². The second-order valence-corrected chi connectivity index (χ2v) is 3.89. The zero-order valence-corrected chi connectivity index (χ0v) is 9.04. The van der Waals surface area contributed by atoms with Crippen LogP contribution in [0.5, 0.6) is 0 Å². The van der Waals surface area contributed by atoms with Crippen LogP contribution < -0.4 is 0 Å². The van der Waals surface area contributed by atoms with E-state index in [9.17, 15) is 14.4 Å². The van der Waals surface area contributed by atoms with Gasteiger partial charge in [-0.05, 0) is 0 Å². The van der Waals surface area contributed by atoms with Gasteiger partial charge in [-0.25, -0.2) is 9.59 Å². The minimum Gasteiger partial charge on any atom is -0.480 e. The average Bonchev–Trinajstić information content (AvgIpc) is 2.56. The number of Topliss-reactive ketones (excluding diaryl/α,β-unsaturated/α-hetero) is 1. The van der Waals surface area contributed by atoms with Gasteiger partial charge in [-0.15, -0.1) is 6.58 Å². The van der Waals surface area contributed by atoms with E-state index < -0.39 is 24.1 Å². The number of carboxylic acid groups (broad SMARTS) is 1.